The van der Waals surface area contributed by atoms with Gasteiger partial charge in [-0.05, 0) is 43.2 Å². The molecule has 10 nitrogen and oxygen atoms in total. The first-order valence-corrected chi connectivity index (χ1v) is 14.2. The molecule has 0 fully saturated rings. The molecule has 2 amide bonds. The number of fused-ring (bicyclic) bond motifs is 2. The largest absolute Gasteiger partial charge is 0.493 e. The summed E-state index contributed by atoms with van der Waals surface area (Å²) in [4.78, 5) is 24.8. The average Bonchev–Trinajstić information content (AvgIpc) is 3.37. The first-order valence-electron chi connectivity index (χ1n) is 14.2. The zero-order valence-electron chi connectivity index (χ0n) is 24.1. The van der Waals surface area contributed by atoms with Crippen LogP contribution in [0.15, 0.2) is 69.0 Å². The minimum atomic E-state index is -0.501. The Morgan fingerprint density at radius 1 is 0.683 bits per heavy atom. The molecule has 0 aliphatic carbocycles. The Morgan fingerprint density at radius 3 is 1.46 bits per heavy atom. The molecule has 0 unspecified atom stereocenters. The summed E-state index contributed by atoms with van der Waals surface area (Å²) in [5.74, 6) is -0.117. The fraction of sp³-hybridized carbons (Fsp3) is 0.419. The van der Waals surface area contributed by atoms with Crippen molar-refractivity contribution in [2.45, 2.75) is 72.9 Å². The third kappa shape index (κ3) is 7.06. The van der Waals surface area contributed by atoms with Crippen molar-refractivity contribution in [1.82, 2.24) is 9.13 Å². The van der Waals surface area contributed by atoms with Crippen LogP contribution >= 0.6 is 0 Å². The number of hydrogen-bond acceptors (Lipinski definition) is 6. The van der Waals surface area contributed by atoms with Crippen LogP contribution in [0.1, 0.15) is 59.8 Å². The highest BCUT2D eigenvalue weighted by Crippen LogP contribution is 2.40. The molecule has 2 aromatic carbocycles. The number of aromatic hydroxyl groups is 2. The lowest BCUT2D eigenvalue weighted by atomic mass is 10.1. The van der Waals surface area contributed by atoms with E-state index >= 15 is 0 Å². The molecule has 0 radical (unpaired) electrons. The van der Waals surface area contributed by atoms with Gasteiger partial charge in [-0.1, -0.05) is 64.1 Å². The normalized spacial score (nSPS) is 12.2. The maximum Gasteiger partial charge on any atom is 0.264 e. The van der Waals surface area contributed by atoms with Gasteiger partial charge in [0.1, 0.15) is 0 Å². The van der Waals surface area contributed by atoms with Crippen molar-refractivity contribution in [3.63, 3.8) is 0 Å². The van der Waals surface area contributed by atoms with Crippen LogP contribution in [0.5, 0.6) is 11.8 Å². The van der Waals surface area contributed by atoms with Gasteiger partial charge in [0, 0.05) is 36.7 Å². The second-order valence-corrected chi connectivity index (χ2v) is 11.1. The van der Waals surface area contributed by atoms with E-state index in [0.29, 0.717) is 24.9 Å². The summed E-state index contributed by atoms with van der Waals surface area (Å²) < 4.78 is 3.58. The van der Waals surface area contributed by atoms with E-state index in [2.05, 4.69) is 48.2 Å². The second-order valence-electron chi connectivity index (χ2n) is 11.1. The second kappa shape index (κ2) is 13.3. The number of carbonyl (C=O) groups excluding carboxylic acids is 2. The van der Waals surface area contributed by atoms with Crippen molar-refractivity contribution in [3.8, 4) is 11.8 Å². The average molecular weight is 559 g/mol. The molecule has 41 heavy (non-hydrogen) atoms. The molecule has 4 rings (SSSR count). The summed E-state index contributed by atoms with van der Waals surface area (Å²) in [6, 6.07) is 14.9. The molecule has 0 saturated heterocycles. The molecule has 0 spiro atoms. The number of aryl methyl sites for hydroxylation is 2. The molecule has 0 bridgehead atoms. The lowest BCUT2D eigenvalue weighted by Gasteiger charge is -2.08. The number of aromatic nitrogens is 2. The van der Waals surface area contributed by atoms with E-state index < -0.39 is 11.8 Å². The molecule has 2 N–H and O–H groups in total. The van der Waals surface area contributed by atoms with Gasteiger partial charge in [0.2, 0.25) is 11.8 Å². The van der Waals surface area contributed by atoms with Gasteiger partial charge in [-0.25, -0.2) is 0 Å². The smallest absolute Gasteiger partial charge is 0.264 e. The van der Waals surface area contributed by atoms with Crippen molar-refractivity contribution in [3.05, 3.63) is 48.5 Å². The highest BCUT2D eigenvalue weighted by molar-refractivity contribution is 5.96. The zero-order chi connectivity index (χ0) is 29.5. The SMILES string of the molecule is CC(C)CCn1c(O)c(N=NC(=O)CCCC(=O)N=Nc2c(O)n(CCC(C)C)c3ccccc23)c2ccccc21. The molecule has 0 aliphatic rings. The van der Waals surface area contributed by atoms with E-state index in [4.69, 9.17) is 0 Å². The molecular weight excluding hydrogens is 520 g/mol. The number of amides is 2. The predicted octanol–water partition coefficient (Wildman–Crippen LogP) is 8.19. The Morgan fingerprint density at radius 2 is 1.07 bits per heavy atom. The highest BCUT2D eigenvalue weighted by atomic mass is 16.3. The lowest BCUT2D eigenvalue weighted by molar-refractivity contribution is -0.119. The third-order valence-electron chi connectivity index (χ3n) is 7.00. The lowest BCUT2D eigenvalue weighted by Crippen LogP contribution is -2.00. The van der Waals surface area contributed by atoms with Gasteiger partial charge >= 0.3 is 0 Å². The number of hydrogen-bond donors (Lipinski definition) is 2. The number of nitrogens with zero attached hydrogens (tertiary/aromatic N) is 6. The summed E-state index contributed by atoms with van der Waals surface area (Å²) in [5, 5.41) is 38.7. The predicted molar refractivity (Wildman–Crippen MR) is 159 cm³/mol. The van der Waals surface area contributed by atoms with Crippen molar-refractivity contribution in [2.24, 2.45) is 32.3 Å². The summed E-state index contributed by atoms with van der Waals surface area (Å²) in [6.45, 7) is 9.72. The minimum absolute atomic E-state index is 0.00271. The first-order chi connectivity index (χ1) is 19.7. The van der Waals surface area contributed by atoms with Crippen LogP contribution < -0.4 is 0 Å². The fourth-order valence-corrected chi connectivity index (χ4v) is 4.67. The van der Waals surface area contributed by atoms with Crippen LogP contribution in [0.25, 0.3) is 21.8 Å². The van der Waals surface area contributed by atoms with Gasteiger partial charge in [0.15, 0.2) is 11.4 Å². The van der Waals surface area contributed by atoms with Crippen molar-refractivity contribution in [1.29, 1.82) is 0 Å². The maximum absolute atomic E-state index is 12.4. The molecule has 10 heteroatoms. The van der Waals surface area contributed by atoms with Gasteiger partial charge in [-0.2, -0.15) is 0 Å². The van der Waals surface area contributed by atoms with Crippen molar-refractivity contribution >= 4 is 45.0 Å². The molecule has 2 heterocycles. The van der Waals surface area contributed by atoms with Gasteiger partial charge in [0.05, 0.1) is 11.0 Å². The Labute approximate surface area is 239 Å². The van der Waals surface area contributed by atoms with E-state index in [-0.39, 0.29) is 42.4 Å². The van der Waals surface area contributed by atoms with Crippen LogP contribution in [0, 0.1) is 11.8 Å². The topological polar surface area (TPSA) is 134 Å². The number of para-hydroxylation sites is 2. The number of rotatable bonds is 12. The number of benzene rings is 2. The molecular formula is C31H38N6O4. The Balaban J connectivity index is 1.37. The molecule has 2 aromatic heterocycles. The summed E-state index contributed by atoms with van der Waals surface area (Å²) in [6.07, 6.45) is 1.98. The summed E-state index contributed by atoms with van der Waals surface area (Å²) in [7, 11) is 0. The standard InChI is InChI=1S/C31H38N6O4/c1-20(2)16-18-36-24-12-7-5-10-22(24)28(30(36)40)34-32-26(38)14-9-15-27(39)33-35-29-23-11-6-8-13-25(23)37(31(29)41)19-17-21(3)4/h5-8,10-13,20-21,40-41H,9,14-19H2,1-4H3. The van der Waals surface area contributed by atoms with Crippen molar-refractivity contribution in [2.75, 3.05) is 0 Å². The Kier molecular flexibility index (Phi) is 9.65. The van der Waals surface area contributed by atoms with Crippen LogP contribution in [0.4, 0.5) is 11.4 Å². The van der Waals surface area contributed by atoms with Crippen LogP contribution in [0.2, 0.25) is 0 Å². The first kappa shape index (κ1) is 29.6. The monoisotopic (exact) mass is 558 g/mol. The maximum atomic E-state index is 12.4. The highest BCUT2D eigenvalue weighted by Gasteiger charge is 2.18. The molecule has 216 valence electrons. The van der Waals surface area contributed by atoms with Gasteiger partial charge < -0.3 is 19.3 Å². The Hall–Kier alpha value is -4.34. The van der Waals surface area contributed by atoms with E-state index in [0.717, 1.165) is 34.6 Å². The summed E-state index contributed by atoms with van der Waals surface area (Å²) in [5.41, 5.74) is 2.18. The van der Waals surface area contributed by atoms with Crippen LogP contribution in [-0.2, 0) is 22.7 Å². The zero-order valence-corrected chi connectivity index (χ0v) is 24.1. The fourth-order valence-electron chi connectivity index (χ4n) is 4.67. The molecule has 0 aliphatic heterocycles. The van der Waals surface area contributed by atoms with E-state index in [1.807, 2.05) is 48.5 Å². The van der Waals surface area contributed by atoms with Gasteiger partial charge in [-0.15, -0.1) is 20.5 Å². The van der Waals surface area contributed by atoms with Gasteiger partial charge in [0.25, 0.3) is 11.8 Å². The summed E-state index contributed by atoms with van der Waals surface area (Å²) >= 11 is 0. The number of carbonyl (C=O) groups is 2. The van der Waals surface area contributed by atoms with E-state index in [1.54, 1.807) is 9.13 Å². The number of azo groups is 2. The van der Waals surface area contributed by atoms with Gasteiger partial charge in [-0.3, -0.25) is 9.59 Å². The Bertz CT molecular complexity index is 1480. The van der Waals surface area contributed by atoms with Crippen LogP contribution in [0.3, 0.4) is 0 Å². The van der Waals surface area contributed by atoms with Crippen molar-refractivity contribution < 1.29 is 19.8 Å². The third-order valence-corrected chi connectivity index (χ3v) is 7.00. The minimum Gasteiger partial charge on any atom is -0.493 e. The molecule has 4 aromatic rings. The quantitative estimate of drug-likeness (QED) is 0.169. The van der Waals surface area contributed by atoms with Crippen LogP contribution in [-0.4, -0.2) is 31.2 Å². The van der Waals surface area contributed by atoms with E-state index in [1.165, 1.54) is 0 Å². The molecule has 0 atom stereocenters. The molecule has 0 saturated carbocycles. The van der Waals surface area contributed by atoms with E-state index in [9.17, 15) is 19.8 Å².